The number of aryl methyl sites for hydroxylation is 1. The van der Waals surface area contributed by atoms with Crippen LogP contribution in [-0.4, -0.2) is 33.9 Å². The molecule has 0 spiro atoms. The molecule has 1 N–H and O–H groups in total. The largest absolute Gasteiger partial charge is 0.342 e. The number of rotatable bonds is 4. The van der Waals surface area contributed by atoms with Gasteiger partial charge in [-0.15, -0.1) is 0 Å². The van der Waals surface area contributed by atoms with E-state index in [1.807, 2.05) is 30.5 Å². The number of carbonyl (C=O) groups is 1. The van der Waals surface area contributed by atoms with Gasteiger partial charge in [0.05, 0.1) is 5.69 Å². The third-order valence-corrected chi connectivity index (χ3v) is 5.67. The number of likely N-dealkylation sites (tertiary alicyclic amines) is 1. The molecule has 1 amide bonds. The molecular formula is C21H26N4O. The van der Waals surface area contributed by atoms with Crippen molar-refractivity contribution in [3.05, 3.63) is 47.8 Å². The van der Waals surface area contributed by atoms with Gasteiger partial charge in [0.1, 0.15) is 0 Å². The minimum atomic E-state index is 0.275. The summed E-state index contributed by atoms with van der Waals surface area (Å²) in [7, 11) is 0. The van der Waals surface area contributed by atoms with Crippen molar-refractivity contribution in [3.8, 4) is 0 Å². The first-order valence-electron chi connectivity index (χ1n) is 9.65. The van der Waals surface area contributed by atoms with Crippen molar-refractivity contribution in [2.75, 3.05) is 18.4 Å². The second-order valence-corrected chi connectivity index (χ2v) is 7.50. The average molecular weight is 350 g/mol. The summed E-state index contributed by atoms with van der Waals surface area (Å²) in [6.45, 7) is 3.75. The molecule has 5 heteroatoms. The Morgan fingerprint density at radius 2 is 2.00 bits per heavy atom. The fraction of sp³-hybridized carbons (Fsp3) is 0.476. The Balaban J connectivity index is 1.47. The Labute approximate surface area is 154 Å². The van der Waals surface area contributed by atoms with Gasteiger partial charge in [-0.1, -0.05) is 24.6 Å². The minimum absolute atomic E-state index is 0.275. The fourth-order valence-electron chi connectivity index (χ4n) is 3.83. The zero-order valence-electron chi connectivity index (χ0n) is 15.3. The molecule has 1 aliphatic carbocycles. The van der Waals surface area contributed by atoms with Crippen molar-refractivity contribution in [1.29, 1.82) is 0 Å². The quantitative estimate of drug-likeness (QED) is 0.904. The van der Waals surface area contributed by atoms with Crippen molar-refractivity contribution in [3.63, 3.8) is 0 Å². The Morgan fingerprint density at radius 1 is 1.15 bits per heavy atom. The molecule has 1 atom stereocenters. The lowest BCUT2D eigenvalue weighted by molar-refractivity contribution is -0.139. The lowest BCUT2D eigenvalue weighted by Gasteiger charge is -2.37. The van der Waals surface area contributed by atoms with Gasteiger partial charge < -0.3 is 10.2 Å². The maximum absolute atomic E-state index is 12.6. The van der Waals surface area contributed by atoms with Gasteiger partial charge in [0.15, 0.2) is 0 Å². The Kier molecular flexibility index (Phi) is 4.87. The lowest BCUT2D eigenvalue weighted by atomic mass is 9.83. The zero-order chi connectivity index (χ0) is 17.9. The number of hydrogen-bond acceptors (Lipinski definition) is 4. The molecule has 1 saturated carbocycles. The monoisotopic (exact) mass is 350 g/mol. The number of carbonyl (C=O) groups excluding carboxylic acids is 1. The van der Waals surface area contributed by atoms with E-state index in [1.54, 1.807) is 0 Å². The molecule has 1 aliphatic heterocycles. The molecule has 2 heterocycles. The van der Waals surface area contributed by atoms with E-state index in [1.165, 1.54) is 6.42 Å². The molecular weight excluding hydrogens is 324 g/mol. The first kappa shape index (κ1) is 17.0. The van der Waals surface area contributed by atoms with Crippen LogP contribution in [0.15, 0.2) is 36.5 Å². The van der Waals surface area contributed by atoms with Crippen molar-refractivity contribution in [2.45, 2.75) is 44.9 Å². The summed E-state index contributed by atoms with van der Waals surface area (Å²) in [4.78, 5) is 23.8. The van der Waals surface area contributed by atoms with Crippen LogP contribution in [0.1, 0.15) is 49.3 Å². The summed E-state index contributed by atoms with van der Waals surface area (Å²) in [6.07, 6.45) is 7.28. The van der Waals surface area contributed by atoms with Gasteiger partial charge in [-0.25, -0.2) is 9.97 Å². The second kappa shape index (κ2) is 7.44. The number of amides is 1. The highest BCUT2D eigenvalue weighted by Crippen LogP contribution is 2.32. The number of benzene rings is 1. The van der Waals surface area contributed by atoms with E-state index in [0.717, 1.165) is 55.7 Å². The van der Waals surface area contributed by atoms with Gasteiger partial charge in [0, 0.05) is 36.8 Å². The Hall–Kier alpha value is -2.43. The van der Waals surface area contributed by atoms with Crippen LogP contribution < -0.4 is 5.32 Å². The van der Waals surface area contributed by atoms with E-state index < -0.39 is 0 Å². The highest BCUT2D eigenvalue weighted by Gasteiger charge is 2.32. The molecule has 1 aromatic carbocycles. The van der Waals surface area contributed by atoms with Crippen LogP contribution in [0.4, 0.5) is 11.6 Å². The molecule has 136 valence electrons. The van der Waals surface area contributed by atoms with Crippen LogP contribution in [0.2, 0.25) is 0 Å². The van der Waals surface area contributed by atoms with E-state index in [2.05, 4.69) is 28.2 Å². The predicted molar refractivity (Wildman–Crippen MR) is 102 cm³/mol. The predicted octanol–water partition coefficient (Wildman–Crippen LogP) is 4.03. The molecule has 1 unspecified atom stereocenters. The molecule has 2 aliphatic rings. The van der Waals surface area contributed by atoms with Gasteiger partial charge in [-0.3, -0.25) is 4.79 Å². The van der Waals surface area contributed by atoms with Crippen LogP contribution in [0.25, 0.3) is 0 Å². The highest BCUT2D eigenvalue weighted by atomic mass is 16.2. The number of piperidine rings is 1. The summed E-state index contributed by atoms with van der Waals surface area (Å²) < 4.78 is 0. The Bertz CT molecular complexity index is 787. The first-order chi connectivity index (χ1) is 12.7. The molecule has 26 heavy (non-hydrogen) atoms. The van der Waals surface area contributed by atoms with Gasteiger partial charge >= 0.3 is 0 Å². The smallest absolute Gasteiger partial charge is 0.227 e. The van der Waals surface area contributed by atoms with E-state index in [-0.39, 0.29) is 5.92 Å². The van der Waals surface area contributed by atoms with Gasteiger partial charge in [-0.05, 0) is 50.3 Å². The van der Waals surface area contributed by atoms with E-state index in [0.29, 0.717) is 17.8 Å². The molecule has 1 aromatic heterocycles. The van der Waals surface area contributed by atoms with E-state index >= 15 is 0 Å². The SMILES string of the molecule is Cc1ccccc1Nc1nccc(C2CCCN(C(=O)C3CCC3)C2)n1. The minimum Gasteiger partial charge on any atom is -0.342 e. The van der Waals surface area contributed by atoms with Crippen LogP contribution in [0, 0.1) is 12.8 Å². The van der Waals surface area contributed by atoms with E-state index in [9.17, 15) is 4.79 Å². The number of hydrogen-bond donors (Lipinski definition) is 1. The van der Waals surface area contributed by atoms with Crippen LogP contribution in [0.3, 0.4) is 0 Å². The second-order valence-electron chi connectivity index (χ2n) is 7.50. The van der Waals surface area contributed by atoms with Crippen LogP contribution in [0.5, 0.6) is 0 Å². The summed E-state index contributed by atoms with van der Waals surface area (Å²) >= 11 is 0. The number of para-hydroxylation sites is 1. The van der Waals surface area contributed by atoms with E-state index in [4.69, 9.17) is 4.98 Å². The maximum Gasteiger partial charge on any atom is 0.227 e. The molecule has 0 radical (unpaired) electrons. The normalized spacial score (nSPS) is 20.5. The van der Waals surface area contributed by atoms with Crippen molar-refractivity contribution >= 4 is 17.5 Å². The van der Waals surface area contributed by atoms with Crippen LogP contribution in [-0.2, 0) is 4.79 Å². The summed E-state index contributed by atoms with van der Waals surface area (Å²) in [6, 6.07) is 10.1. The zero-order valence-corrected chi connectivity index (χ0v) is 15.3. The number of anilines is 2. The molecule has 2 fully saturated rings. The highest BCUT2D eigenvalue weighted by molar-refractivity contribution is 5.79. The van der Waals surface area contributed by atoms with Gasteiger partial charge in [-0.2, -0.15) is 0 Å². The van der Waals surface area contributed by atoms with Crippen molar-refractivity contribution in [1.82, 2.24) is 14.9 Å². The molecule has 0 bridgehead atoms. The third-order valence-electron chi connectivity index (χ3n) is 5.67. The standard InChI is InChI=1S/C21H26N4O/c1-15-6-2-3-10-18(15)23-21-22-12-11-19(24-21)17-9-5-13-25(14-17)20(26)16-7-4-8-16/h2-3,6,10-12,16-17H,4-5,7-9,13-14H2,1H3,(H,22,23,24). The number of nitrogens with one attached hydrogen (secondary N) is 1. The Morgan fingerprint density at radius 3 is 2.77 bits per heavy atom. The van der Waals surface area contributed by atoms with Gasteiger partial charge in [0.2, 0.25) is 11.9 Å². The van der Waals surface area contributed by atoms with Crippen molar-refractivity contribution in [2.24, 2.45) is 5.92 Å². The number of aromatic nitrogens is 2. The molecule has 4 rings (SSSR count). The topological polar surface area (TPSA) is 58.1 Å². The lowest BCUT2D eigenvalue weighted by Crippen LogP contribution is -2.44. The fourth-order valence-corrected chi connectivity index (χ4v) is 3.83. The summed E-state index contributed by atoms with van der Waals surface area (Å²) in [5, 5.41) is 3.32. The van der Waals surface area contributed by atoms with Gasteiger partial charge in [0.25, 0.3) is 0 Å². The third kappa shape index (κ3) is 3.57. The first-order valence-corrected chi connectivity index (χ1v) is 9.65. The van der Waals surface area contributed by atoms with Crippen molar-refractivity contribution < 1.29 is 4.79 Å². The number of nitrogens with zero attached hydrogens (tertiary/aromatic N) is 3. The maximum atomic E-state index is 12.6. The molecule has 1 saturated heterocycles. The average Bonchev–Trinajstić information content (AvgIpc) is 2.63. The van der Waals surface area contributed by atoms with Crippen LogP contribution >= 0.6 is 0 Å². The summed E-state index contributed by atoms with van der Waals surface area (Å²) in [5.74, 6) is 1.55. The molecule has 2 aromatic rings. The molecule has 5 nitrogen and oxygen atoms in total. The summed E-state index contributed by atoms with van der Waals surface area (Å²) in [5.41, 5.74) is 3.22.